The minimum Gasteiger partial charge on any atom is -0.545 e. The van der Waals surface area contributed by atoms with Crippen molar-refractivity contribution in [2.24, 2.45) is 4.99 Å². The van der Waals surface area contributed by atoms with Crippen LogP contribution in [0.1, 0.15) is 46.9 Å². The number of carbonyl (C=O) groups excluding carboxylic acids is 2. The van der Waals surface area contributed by atoms with E-state index < -0.39 is 18.0 Å². The van der Waals surface area contributed by atoms with E-state index in [0.29, 0.717) is 37.7 Å². The van der Waals surface area contributed by atoms with E-state index in [2.05, 4.69) is 4.99 Å². The summed E-state index contributed by atoms with van der Waals surface area (Å²) in [6.45, 7) is 3.83. The summed E-state index contributed by atoms with van der Waals surface area (Å²) in [4.78, 5) is 43.1. The lowest BCUT2D eigenvalue weighted by Crippen LogP contribution is -2.40. The number of methoxy groups -OCH3 is 1. The molecule has 1 aliphatic heterocycles. The first-order chi connectivity index (χ1) is 20.3. The van der Waals surface area contributed by atoms with Crippen LogP contribution in [0.2, 0.25) is 0 Å². The number of para-hydroxylation sites is 1. The summed E-state index contributed by atoms with van der Waals surface area (Å²) in [7, 11) is 1.54. The van der Waals surface area contributed by atoms with Gasteiger partial charge < -0.3 is 24.1 Å². The summed E-state index contributed by atoms with van der Waals surface area (Å²) in [5, 5.41) is 11.1. The van der Waals surface area contributed by atoms with Crippen molar-refractivity contribution in [1.82, 2.24) is 4.57 Å². The molecule has 0 radical (unpaired) electrons. The van der Waals surface area contributed by atoms with Crippen molar-refractivity contribution in [3.05, 3.63) is 126 Å². The Morgan fingerprint density at radius 1 is 1.07 bits per heavy atom. The number of carboxylic acids is 1. The minimum atomic E-state index is -1.24. The predicted octanol–water partition coefficient (Wildman–Crippen LogP) is 2.75. The quantitative estimate of drug-likeness (QED) is 0.278. The first-order valence-corrected chi connectivity index (χ1v) is 14.0. The number of hydrogen-bond acceptors (Lipinski definition) is 9. The molecule has 1 atom stereocenters. The Kier molecular flexibility index (Phi) is 8.35. The van der Waals surface area contributed by atoms with Gasteiger partial charge in [0.25, 0.3) is 5.56 Å². The average molecular weight is 584 g/mol. The number of allylic oxidation sites excluding steroid dienone is 1. The lowest BCUT2D eigenvalue weighted by Gasteiger charge is -2.25. The number of carbonyl (C=O) groups is 2. The zero-order valence-corrected chi connectivity index (χ0v) is 24.0. The van der Waals surface area contributed by atoms with E-state index in [0.717, 1.165) is 5.56 Å². The van der Waals surface area contributed by atoms with Crippen LogP contribution >= 0.6 is 11.3 Å². The number of ether oxygens (including phenoxy) is 3. The maximum Gasteiger partial charge on any atom is 0.338 e. The highest BCUT2D eigenvalue weighted by Crippen LogP contribution is 2.35. The van der Waals surface area contributed by atoms with E-state index in [1.807, 2.05) is 30.3 Å². The first-order valence-electron chi connectivity index (χ1n) is 13.2. The van der Waals surface area contributed by atoms with E-state index in [1.165, 1.54) is 28.0 Å². The van der Waals surface area contributed by atoms with Gasteiger partial charge in [-0.05, 0) is 60.9 Å². The number of thiazole rings is 1. The zero-order valence-electron chi connectivity index (χ0n) is 23.2. The lowest BCUT2D eigenvalue weighted by molar-refractivity contribution is -0.255. The van der Waals surface area contributed by atoms with Crippen LogP contribution in [0, 0.1) is 0 Å². The second kappa shape index (κ2) is 12.3. The van der Waals surface area contributed by atoms with Gasteiger partial charge in [0.2, 0.25) is 0 Å². The first kappa shape index (κ1) is 28.6. The van der Waals surface area contributed by atoms with Crippen molar-refractivity contribution >= 4 is 29.4 Å². The Balaban J connectivity index is 1.48. The van der Waals surface area contributed by atoms with Gasteiger partial charge in [0.05, 0.1) is 35.5 Å². The number of aromatic nitrogens is 1. The van der Waals surface area contributed by atoms with Gasteiger partial charge in [0.1, 0.15) is 24.1 Å². The SMILES string of the molecule is CCOC(=O)C1=C(C)N=c2sc(=Cc3ccc(OCc4cccc(C(=O)[O-])c4)cc3)c(=O)n2[C@@H]1c1ccccc1OC. The van der Waals surface area contributed by atoms with Gasteiger partial charge in [-0.3, -0.25) is 9.36 Å². The number of carboxylic acid groups (broad SMARTS) is 1. The highest BCUT2D eigenvalue weighted by atomic mass is 32.1. The highest BCUT2D eigenvalue weighted by molar-refractivity contribution is 7.07. The fourth-order valence-corrected chi connectivity index (χ4v) is 5.79. The van der Waals surface area contributed by atoms with Gasteiger partial charge in [-0.2, -0.15) is 0 Å². The van der Waals surface area contributed by atoms with Gasteiger partial charge in [-0.25, -0.2) is 9.79 Å². The third kappa shape index (κ3) is 5.75. The van der Waals surface area contributed by atoms with E-state index in [-0.39, 0.29) is 29.9 Å². The van der Waals surface area contributed by atoms with Gasteiger partial charge in [0, 0.05) is 5.56 Å². The molecule has 214 valence electrons. The molecule has 0 saturated heterocycles. The molecule has 0 bridgehead atoms. The van der Waals surface area contributed by atoms with Crippen molar-refractivity contribution in [2.75, 3.05) is 13.7 Å². The van der Waals surface area contributed by atoms with Gasteiger partial charge in [0.15, 0.2) is 4.80 Å². The minimum absolute atomic E-state index is 0.0884. The fraction of sp³-hybridized carbons (Fsp3) is 0.188. The molecular formula is C32H27N2O7S-. The highest BCUT2D eigenvalue weighted by Gasteiger charge is 2.34. The van der Waals surface area contributed by atoms with Crippen molar-refractivity contribution in [1.29, 1.82) is 0 Å². The monoisotopic (exact) mass is 583 g/mol. The Bertz CT molecular complexity index is 1870. The summed E-state index contributed by atoms with van der Waals surface area (Å²) in [6.07, 6.45) is 1.76. The largest absolute Gasteiger partial charge is 0.545 e. The Morgan fingerprint density at radius 3 is 2.55 bits per heavy atom. The van der Waals surface area contributed by atoms with Crippen LogP contribution < -0.4 is 29.5 Å². The summed E-state index contributed by atoms with van der Waals surface area (Å²) < 4.78 is 18.7. The number of benzene rings is 3. The molecule has 10 heteroatoms. The topological polar surface area (TPSA) is 119 Å². The molecule has 42 heavy (non-hydrogen) atoms. The smallest absolute Gasteiger partial charge is 0.338 e. The van der Waals surface area contributed by atoms with E-state index in [4.69, 9.17) is 14.2 Å². The number of aromatic carboxylic acids is 1. The lowest BCUT2D eigenvalue weighted by atomic mass is 9.95. The summed E-state index contributed by atoms with van der Waals surface area (Å²) in [5.74, 6) is -0.660. The maximum absolute atomic E-state index is 13.8. The van der Waals surface area contributed by atoms with Crippen LogP contribution in [0.5, 0.6) is 11.5 Å². The number of fused-ring (bicyclic) bond motifs is 1. The van der Waals surface area contributed by atoms with Crippen molar-refractivity contribution in [3.63, 3.8) is 0 Å². The molecule has 3 aromatic carbocycles. The molecule has 9 nitrogen and oxygen atoms in total. The zero-order chi connectivity index (χ0) is 29.8. The van der Waals surface area contributed by atoms with Gasteiger partial charge in [-0.1, -0.05) is 59.9 Å². The van der Waals surface area contributed by atoms with Crippen LogP contribution in [0.25, 0.3) is 6.08 Å². The van der Waals surface area contributed by atoms with E-state index in [9.17, 15) is 19.5 Å². The van der Waals surface area contributed by atoms with Gasteiger partial charge >= 0.3 is 5.97 Å². The predicted molar refractivity (Wildman–Crippen MR) is 155 cm³/mol. The Morgan fingerprint density at radius 2 is 1.83 bits per heavy atom. The van der Waals surface area contributed by atoms with E-state index >= 15 is 0 Å². The molecule has 5 rings (SSSR count). The second-order valence-corrected chi connectivity index (χ2v) is 10.4. The molecule has 1 aromatic heterocycles. The van der Waals surface area contributed by atoms with Crippen LogP contribution in [0.3, 0.4) is 0 Å². The molecule has 0 amide bonds. The number of hydrogen-bond donors (Lipinski definition) is 0. The van der Waals surface area contributed by atoms with Crippen LogP contribution in [-0.4, -0.2) is 30.2 Å². The van der Waals surface area contributed by atoms with Crippen molar-refractivity contribution in [3.8, 4) is 11.5 Å². The molecular weight excluding hydrogens is 556 g/mol. The Hall–Kier alpha value is -4.96. The molecule has 4 aromatic rings. The summed E-state index contributed by atoms with van der Waals surface area (Å²) in [6, 6.07) is 20.1. The van der Waals surface area contributed by atoms with Gasteiger partial charge in [-0.15, -0.1) is 0 Å². The second-order valence-electron chi connectivity index (χ2n) is 9.39. The van der Waals surface area contributed by atoms with Crippen LogP contribution in [0.15, 0.2) is 93.9 Å². The number of esters is 1. The van der Waals surface area contributed by atoms with Crippen LogP contribution in [-0.2, 0) is 16.1 Å². The Labute approximate surface area is 245 Å². The molecule has 0 spiro atoms. The normalized spacial score (nSPS) is 14.6. The fourth-order valence-electron chi connectivity index (χ4n) is 4.74. The van der Waals surface area contributed by atoms with Crippen molar-refractivity contribution in [2.45, 2.75) is 26.5 Å². The van der Waals surface area contributed by atoms with E-state index in [1.54, 1.807) is 57.4 Å². The summed E-state index contributed by atoms with van der Waals surface area (Å²) in [5.41, 5.74) is 2.67. The summed E-state index contributed by atoms with van der Waals surface area (Å²) >= 11 is 1.23. The molecule has 0 aliphatic carbocycles. The number of nitrogens with zero attached hydrogens (tertiary/aromatic N) is 2. The third-order valence-corrected chi connectivity index (χ3v) is 7.68. The van der Waals surface area contributed by atoms with Crippen molar-refractivity contribution < 1.29 is 28.9 Å². The average Bonchev–Trinajstić information content (AvgIpc) is 3.30. The third-order valence-electron chi connectivity index (χ3n) is 6.70. The molecule has 1 aliphatic rings. The molecule has 0 fully saturated rings. The molecule has 0 saturated carbocycles. The standard InChI is InChI=1S/C32H28N2O7S/c1-4-40-31(38)27-19(2)33-32-34(28(27)24-10-5-6-11-25(24)39-3)29(35)26(42-32)17-20-12-14-23(15-13-20)41-18-21-8-7-9-22(16-21)30(36)37/h5-17,28H,4,18H2,1-3H3,(H,36,37)/p-1/t28-/m1/s1. The molecule has 2 heterocycles. The maximum atomic E-state index is 13.8. The number of rotatable bonds is 9. The van der Waals surface area contributed by atoms with Crippen LogP contribution in [0.4, 0.5) is 0 Å². The molecule has 0 N–H and O–H groups in total. The molecule has 0 unspecified atom stereocenters.